The molecule has 0 aromatic carbocycles. The fraction of sp³-hybridized carbons (Fsp3) is 0.643. The maximum atomic E-state index is 4.67. The van der Waals surface area contributed by atoms with Crippen LogP contribution in [-0.2, 0) is 20.1 Å². The van der Waals surface area contributed by atoms with Crippen LogP contribution >= 0.6 is 0 Å². The molecule has 0 radical (unpaired) electrons. The van der Waals surface area contributed by atoms with E-state index in [1.54, 1.807) is 12.7 Å². The Morgan fingerprint density at radius 2 is 2.10 bits per heavy atom. The van der Waals surface area contributed by atoms with E-state index in [0.29, 0.717) is 5.92 Å². The van der Waals surface area contributed by atoms with Crippen molar-refractivity contribution >= 4 is 5.82 Å². The van der Waals surface area contributed by atoms with E-state index in [-0.39, 0.29) is 0 Å². The first-order valence-electron chi connectivity index (χ1n) is 7.27. The first-order valence-corrected chi connectivity index (χ1v) is 7.27. The molecule has 0 bridgehead atoms. The van der Waals surface area contributed by atoms with E-state index in [9.17, 15) is 0 Å². The number of hydrogen-bond donors (Lipinski definition) is 1. The molecule has 116 valence electrons. The summed E-state index contributed by atoms with van der Waals surface area (Å²) in [4.78, 5) is 6.06. The van der Waals surface area contributed by atoms with Gasteiger partial charge in [-0.25, -0.2) is 4.98 Å². The molecular weight excluding hydrogens is 266 g/mol. The molecule has 2 heterocycles. The Hall–Kier alpha value is -1.89. The lowest BCUT2D eigenvalue weighted by Gasteiger charge is -2.16. The van der Waals surface area contributed by atoms with Gasteiger partial charge in [0.25, 0.3) is 0 Å². The second-order valence-corrected chi connectivity index (χ2v) is 5.70. The third kappa shape index (κ3) is 3.60. The normalized spacial score (nSPS) is 11.3. The van der Waals surface area contributed by atoms with Crippen molar-refractivity contribution in [2.45, 2.75) is 32.9 Å². The number of nitrogens with zero attached hydrogens (tertiary/aromatic N) is 6. The summed E-state index contributed by atoms with van der Waals surface area (Å²) in [5.41, 5.74) is 2.44. The first-order chi connectivity index (χ1) is 10.0. The SMILES string of the molecule is CC(C)c1nn(C)c(N(C)C)c1CNCCn1cncn1. The predicted octanol–water partition coefficient (Wildman–Crippen LogP) is 0.991. The van der Waals surface area contributed by atoms with Gasteiger partial charge in [0.05, 0.1) is 12.2 Å². The molecule has 0 spiro atoms. The van der Waals surface area contributed by atoms with Crippen LogP contribution in [0.25, 0.3) is 0 Å². The summed E-state index contributed by atoms with van der Waals surface area (Å²) in [5, 5.41) is 12.2. The molecule has 0 aliphatic carbocycles. The summed E-state index contributed by atoms with van der Waals surface area (Å²) in [5.74, 6) is 1.57. The van der Waals surface area contributed by atoms with Crippen LogP contribution in [0, 0.1) is 0 Å². The van der Waals surface area contributed by atoms with Gasteiger partial charge in [-0.05, 0) is 5.92 Å². The van der Waals surface area contributed by atoms with Crippen molar-refractivity contribution in [1.29, 1.82) is 0 Å². The highest BCUT2D eigenvalue weighted by molar-refractivity contribution is 5.50. The van der Waals surface area contributed by atoms with Crippen LogP contribution in [0.15, 0.2) is 12.7 Å². The van der Waals surface area contributed by atoms with Crippen LogP contribution < -0.4 is 10.2 Å². The fourth-order valence-electron chi connectivity index (χ4n) is 2.53. The zero-order valence-electron chi connectivity index (χ0n) is 13.5. The maximum absolute atomic E-state index is 4.67. The van der Waals surface area contributed by atoms with E-state index in [4.69, 9.17) is 0 Å². The molecule has 0 aliphatic heterocycles. The number of nitrogens with one attached hydrogen (secondary N) is 1. The summed E-state index contributed by atoms with van der Waals surface area (Å²) in [6.45, 7) is 6.84. The molecule has 0 amide bonds. The molecule has 0 saturated carbocycles. The molecule has 0 fully saturated rings. The van der Waals surface area contributed by atoms with Crippen LogP contribution in [0.2, 0.25) is 0 Å². The molecule has 2 aromatic rings. The smallest absolute Gasteiger partial charge is 0.137 e. The lowest BCUT2D eigenvalue weighted by molar-refractivity contribution is 0.552. The average Bonchev–Trinajstić information content (AvgIpc) is 3.02. The van der Waals surface area contributed by atoms with E-state index >= 15 is 0 Å². The van der Waals surface area contributed by atoms with Gasteiger partial charge in [-0.2, -0.15) is 10.2 Å². The molecule has 0 unspecified atom stereocenters. The van der Waals surface area contributed by atoms with Gasteiger partial charge in [-0.1, -0.05) is 13.8 Å². The second kappa shape index (κ2) is 6.71. The molecule has 0 saturated heterocycles. The fourth-order valence-corrected chi connectivity index (χ4v) is 2.53. The Labute approximate surface area is 126 Å². The molecule has 1 N–H and O–H groups in total. The van der Waals surface area contributed by atoms with E-state index in [1.807, 2.05) is 16.4 Å². The summed E-state index contributed by atoms with van der Waals surface area (Å²) in [7, 11) is 6.11. The average molecular weight is 291 g/mol. The molecule has 0 atom stereocenters. The minimum absolute atomic E-state index is 0.414. The Bertz CT molecular complexity index is 554. The summed E-state index contributed by atoms with van der Waals surface area (Å²) in [6, 6.07) is 0. The highest BCUT2D eigenvalue weighted by atomic mass is 15.4. The van der Waals surface area contributed by atoms with Gasteiger partial charge in [0.2, 0.25) is 0 Å². The Morgan fingerprint density at radius 3 is 2.67 bits per heavy atom. The Kier molecular flexibility index (Phi) is 4.95. The molecule has 7 heteroatoms. The van der Waals surface area contributed by atoms with Gasteiger partial charge >= 0.3 is 0 Å². The third-order valence-corrected chi connectivity index (χ3v) is 3.40. The van der Waals surface area contributed by atoms with Crippen molar-refractivity contribution in [3.8, 4) is 0 Å². The van der Waals surface area contributed by atoms with Crippen LogP contribution in [0.1, 0.15) is 31.0 Å². The molecule has 21 heavy (non-hydrogen) atoms. The van der Waals surface area contributed by atoms with Crippen molar-refractivity contribution < 1.29 is 0 Å². The number of aromatic nitrogens is 5. The number of aryl methyl sites for hydroxylation is 1. The van der Waals surface area contributed by atoms with Crippen molar-refractivity contribution in [2.24, 2.45) is 7.05 Å². The summed E-state index contributed by atoms with van der Waals surface area (Å²) in [6.07, 6.45) is 3.29. The van der Waals surface area contributed by atoms with Crippen LogP contribution in [0.4, 0.5) is 5.82 Å². The van der Waals surface area contributed by atoms with Crippen molar-refractivity contribution in [1.82, 2.24) is 29.9 Å². The van der Waals surface area contributed by atoms with Crippen LogP contribution in [0.5, 0.6) is 0 Å². The zero-order valence-corrected chi connectivity index (χ0v) is 13.5. The van der Waals surface area contributed by atoms with E-state index in [1.165, 1.54) is 5.56 Å². The molecule has 7 nitrogen and oxygen atoms in total. The lowest BCUT2D eigenvalue weighted by atomic mass is 10.1. The Balaban J connectivity index is 2.03. The number of anilines is 1. The largest absolute Gasteiger partial charge is 0.363 e. The predicted molar refractivity (Wildman–Crippen MR) is 83.4 cm³/mol. The van der Waals surface area contributed by atoms with E-state index in [2.05, 4.69) is 53.3 Å². The minimum Gasteiger partial charge on any atom is -0.363 e. The van der Waals surface area contributed by atoms with E-state index in [0.717, 1.165) is 31.1 Å². The molecule has 2 rings (SSSR count). The monoisotopic (exact) mass is 291 g/mol. The zero-order chi connectivity index (χ0) is 15.4. The lowest BCUT2D eigenvalue weighted by Crippen LogP contribution is -2.22. The standard InChI is InChI=1S/C14H25N7/c1-11(2)13-12(14(19(3)4)20(5)18-13)8-15-6-7-21-10-16-9-17-21/h9-11,15H,6-8H2,1-5H3. The molecule has 2 aromatic heterocycles. The maximum Gasteiger partial charge on any atom is 0.137 e. The molecular formula is C14H25N7. The van der Waals surface area contributed by atoms with Crippen LogP contribution in [-0.4, -0.2) is 45.2 Å². The quantitative estimate of drug-likeness (QED) is 0.771. The van der Waals surface area contributed by atoms with Gasteiger partial charge in [0, 0.05) is 39.8 Å². The first kappa shape index (κ1) is 15.5. The number of rotatable bonds is 7. The van der Waals surface area contributed by atoms with Gasteiger partial charge < -0.3 is 10.2 Å². The topological polar surface area (TPSA) is 63.8 Å². The second-order valence-electron chi connectivity index (χ2n) is 5.70. The van der Waals surface area contributed by atoms with Crippen molar-refractivity contribution in [2.75, 3.05) is 25.5 Å². The summed E-state index contributed by atoms with van der Waals surface area (Å²) < 4.78 is 3.79. The summed E-state index contributed by atoms with van der Waals surface area (Å²) >= 11 is 0. The number of hydrogen-bond acceptors (Lipinski definition) is 5. The highest BCUT2D eigenvalue weighted by Gasteiger charge is 2.19. The van der Waals surface area contributed by atoms with Crippen LogP contribution in [0.3, 0.4) is 0 Å². The highest BCUT2D eigenvalue weighted by Crippen LogP contribution is 2.26. The third-order valence-electron chi connectivity index (χ3n) is 3.40. The van der Waals surface area contributed by atoms with Crippen molar-refractivity contribution in [3.05, 3.63) is 23.9 Å². The minimum atomic E-state index is 0.414. The van der Waals surface area contributed by atoms with Crippen molar-refractivity contribution in [3.63, 3.8) is 0 Å². The molecule has 0 aliphatic rings. The van der Waals surface area contributed by atoms with Gasteiger partial charge in [-0.15, -0.1) is 0 Å². The van der Waals surface area contributed by atoms with Gasteiger partial charge in [-0.3, -0.25) is 9.36 Å². The Morgan fingerprint density at radius 1 is 1.33 bits per heavy atom. The van der Waals surface area contributed by atoms with Gasteiger partial charge in [0.15, 0.2) is 0 Å². The van der Waals surface area contributed by atoms with Gasteiger partial charge in [0.1, 0.15) is 18.5 Å². The van der Waals surface area contributed by atoms with E-state index < -0.39 is 0 Å².